The van der Waals surface area contributed by atoms with Crippen LogP contribution in [0, 0.1) is 11.3 Å². The Balaban J connectivity index is 0.999. The van der Waals surface area contributed by atoms with E-state index in [1.807, 2.05) is 0 Å². The number of nitrogens with one attached hydrogen (secondary N) is 1. The fourth-order valence-electron chi connectivity index (χ4n) is 12.7. The lowest BCUT2D eigenvalue weighted by Gasteiger charge is -2.22. The van der Waals surface area contributed by atoms with Gasteiger partial charge in [0.05, 0.1) is 27.6 Å². The molecule has 356 valence electrons. The summed E-state index contributed by atoms with van der Waals surface area (Å²) in [6.07, 6.45) is 0. The Morgan fingerprint density at radius 3 is 1.54 bits per heavy atom. The van der Waals surface area contributed by atoms with Crippen LogP contribution < -0.4 is 5.32 Å². The van der Waals surface area contributed by atoms with E-state index in [1.165, 1.54) is 39.1 Å². The third kappa shape index (κ3) is 6.89. The van der Waals surface area contributed by atoms with Crippen LogP contribution in [0.15, 0.2) is 261 Å². The van der Waals surface area contributed by atoms with Gasteiger partial charge in [0, 0.05) is 40.4 Å². The van der Waals surface area contributed by atoms with E-state index in [1.54, 1.807) is 0 Å². The molecule has 2 aromatic heterocycles. The topological polar surface area (TPSA) is 58.1 Å². The number of hydrogen-bond acceptors (Lipinski definition) is 3. The molecule has 0 amide bonds. The molecule has 0 fully saturated rings. The quantitative estimate of drug-likeness (QED) is 0.165. The fraction of sp³-hybridized carbons (Fsp3) is 0.0423. The van der Waals surface area contributed by atoms with Crippen molar-refractivity contribution in [2.45, 2.75) is 17.9 Å². The van der Waals surface area contributed by atoms with Crippen LogP contribution in [-0.2, 0) is 0 Å². The lowest BCUT2D eigenvalue weighted by Crippen LogP contribution is -2.23. The van der Waals surface area contributed by atoms with Crippen LogP contribution >= 0.6 is 0 Å². The molecule has 3 heterocycles. The highest BCUT2D eigenvalue weighted by Crippen LogP contribution is 2.57. The molecule has 2 aliphatic rings. The molecule has 3 unspecified atom stereocenters. The second kappa shape index (κ2) is 17.6. The first-order valence-electron chi connectivity index (χ1n) is 26.1. The number of imidazole rings is 2. The van der Waals surface area contributed by atoms with Crippen LogP contribution in [-0.4, -0.2) is 20.0 Å². The van der Waals surface area contributed by atoms with Crippen LogP contribution in [0.25, 0.3) is 100 Å². The number of fused-ring (bicyclic) bond motifs is 10. The summed E-state index contributed by atoms with van der Waals surface area (Å²) in [6, 6.07) is 96.4. The Kier molecular flexibility index (Phi) is 10.1. The number of nitriles is 1. The van der Waals surface area contributed by atoms with Crippen molar-refractivity contribution in [3.8, 4) is 78.5 Å². The molecule has 13 aromatic rings. The monoisotopic (exact) mass is 969 g/mol. The van der Waals surface area contributed by atoms with Crippen LogP contribution in [0.5, 0.6) is 0 Å². The molecular weight excluding hydrogens is 923 g/mol. The SMILES string of the molecule is N#Cc1c(-c2ccc3c(c2)C2c4cc(-c5ccccc5)ccc4NC2C3c2ccccc2)c(-c2ccccc2)cc(-c2ccccc2)c1-c1ccc2c(c1)n1c3cc(-c4ccccc4)ccc3nc1n2-c1ccccc1. The number of para-hydroxylation sites is 1. The summed E-state index contributed by atoms with van der Waals surface area (Å²) >= 11 is 0. The molecule has 0 radical (unpaired) electrons. The van der Waals surface area contributed by atoms with Crippen molar-refractivity contribution in [1.29, 1.82) is 5.26 Å². The molecular formula is C71H47N5. The predicted octanol–water partition coefficient (Wildman–Crippen LogP) is 17.4. The van der Waals surface area contributed by atoms with E-state index in [0.717, 1.165) is 89.2 Å². The van der Waals surface area contributed by atoms with E-state index in [9.17, 15) is 5.26 Å². The van der Waals surface area contributed by atoms with E-state index in [2.05, 4.69) is 281 Å². The molecule has 0 saturated carbocycles. The zero-order chi connectivity index (χ0) is 50.3. The molecule has 11 aromatic carbocycles. The van der Waals surface area contributed by atoms with E-state index >= 15 is 0 Å². The summed E-state index contributed by atoms with van der Waals surface area (Å²) in [7, 11) is 0. The maximum Gasteiger partial charge on any atom is 0.220 e. The van der Waals surface area contributed by atoms with Crippen LogP contribution in [0.2, 0.25) is 0 Å². The van der Waals surface area contributed by atoms with E-state index in [4.69, 9.17) is 4.98 Å². The van der Waals surface area contributed by atoms with Crippen molar-refractivity contribution in [2.24, 2.45) is 0 Å². The molecule has 1 aliphatic carbocycles. The van der Waals surface area contributed by atoms with Gasteiger partial charge in [0.15, 0.2) is 0 Å². The number of aromatic nitrogens is 3. The summed E-state index contributed by atoms with van der Waals surface area (Å²) in [4.78, 5) is 5.34. The molecule has 0 spiro atoms. The number of anilines is 1. The molecule has 5 nitrogen and oxygen atoms in total. The minimum Gasteiger partial charge on any atom is -0.380 e. The Morgan fingerprint density at radius 1 is 0.395 bits per heavy atom. The molecule has 1 aliphatic heterocycles. The van der Waals surface area contributed by atoms with Gasteiger partial charge in [-0.05, 0) is 132 Å². The Hall–Kier alpha value is -10.0. The zero-order valence-corrected chi connectivity index (χ0v) is 41.3. The third-order valence-corrected chi connectivity index (χ3v) is 16.1. The van der Waals surface area contributed by atoms with Gasteiger partial charge >= 0.3 is 0 Å². The molecule has 0 bridgehead atoms. The molecule has 15 rings (SSSR count). The van der Waals surface area contributed by atoms with Gasteiger partial charge in [-0.25, -0.2) is 4.98 Å². The second-order valence-electron chi connectivity index (χ2n) is 20.2. The van der Waals surface area contributed by atoms with Gasteiger partial charge in [-0.15, -0.1) is 0 Å². The maximum atomic E-state index is 12.1. The second-order valence-corrected chi connectivity index (χ2v) is 20.2. The van der Waals surface area contributed by atoms with Crippen LogP contribution in [0.4, 0.5) is 5.69 Å². The van der Waals surface area contributed by atoms with Gasteiger partial charge in [-0.2, -0.15) is 5.26 Å². The highest BCUT2D eigenvalue weighted by molar-refractivity contribution is 6.03. The first-order chi connectivity index (χ1) is 37.7. The highest BCUT2D eigenvalue weighted by atomic mass is 15.2. The third-order valence-electron chi connectivity index (χ3n) is 16.1. The fourth-order valence-corrected chi connectivity index (χ4v) is 12.7. The lowest BCUT2D eigenvalue weighted by molar-refractivity contribution is 0.656. The largest absolute Gasteiger partial charge is 0.380 e. The predicted molar refractivity (Wildman–Crippen MR) is 311 cm³/mol. The van der Waals surface area contributed by atoms with Crippen molar-refractivity contribution in [3.63, 3.8) is 0 Å². The molecule has 5 heteroatoms. The Morgan fingerprint density at radius 2 is 0.908 bits per heavy atom. The zero-order valence-electron chi connectivity index (χ0n) is 41.3. The van der Waals surface area contributed by atoms with E-state index < -0.39 is 0 Å². The van der Waals surface area contributed by atoms with Gasteiger partial charge in [0.2, 0.25) is 5.78 Å². The Bertz CT molecular complexity index is 4420. The van der Waals surface area contributed by atoms with Gasteiger partial charge < -0.3 is 5.32 Å². The van der Waals surface area contributed by atoms with Crippen LogP contribution in [0.1, 0.15) is 39.7 Å². The molecule has 76 heavy (non-hydrogen) atoms. The lowest BCUT2D eigenvalue weighted by atomic mass is 9.80. The summed E-state index contributed by atoms with van der Waals surface area (Å²) < 4.78 is 4.56. The van der Waals surface area contributed by atoms with Gasteiger partial charge in [0.25, 0.3) is 0 Å². The summed E-state index contributed by atoms with van der Waals surface area (Å²) in [5.74, 6) is 1.03. The number of rotatable bonds is 8. The van der Waals surface area contributed by atoms with Crippen molar-refractivity contribution < 1.29 is 0 Å². The minimum absolute atomic E-state index is 0.0819. The van der Waals surface area contributed by atoms with E-state index in [-0.39, 0.29) is 17.9 Å². The first-order valence-corrected chi connectivity index (χ1v) is 26.1. The standard InChI is InChI=1S/C71H47N5/c72-44-60-66(52-31-35-55-58(40-52)69-59-39-50(45-19-7-1-8-20-45)32-36-61(59)73-70(69)68(55)49-27-15-5-16-28-49)56(47-23-11-3-12-24-47)43-57(48-25-13-4-14-26-48)67(60)53-34-38-63-65(42-53)76-64-41-51(46-21-9-2-10-22-46)33-37-62(64)74-71(76)75(63)54-29-17-6-18-30-54/h1-43,68-70,73H. The van der Waals surface area contributed by atoms with Crippen molar-refractivity contribution >= 4 is 33.5 Å². The Labute approximate surface area is 440 Å². The highest BCUT2D eigenvalue weighted by Gasteiger charge is 2.47. The molecule has 0 saturated heterocycles. The average molecular weight is 970 g/mol. The van der Waals surface area contributed by atoms with Gasteiger partial charge in [-0.3, -0.25) is 8.97 Å². The normalized spacial score (nSPS) is 15.3. The first kappa shape index (κ1) is 43.6. The average Bonchev–Trinajstić information content (AvgIpc) is 4.30. The summed E-state index contributed by atoms with van der Waals surface area (Å²) in [5.41, 5.74) is 24.5. The number of benzene rings is 11. The molecule has 1 N–H and O–H groups in total. The number of nitrogens with zero attached hydrogens (tertiary/aromatic N) is 4. The minimum atomic E-state index is 0.0819. The number of hydrogen-bond donors (Lipinski definition) is 1. The van der Waals surface area contributed by atoms with Gasteiger partial charge in [0.1, 0.15) is 6.07 Å². The van der Waals surface area contributed by atoms with Crippen LogP contribution in [0.3, 0.4) is 0 Å². The van der Waals surface area contributed by atoms with Crippen molar-refractivity contribution in [3.05, 3.63) is 289 Å². The molecule has 3 atom stereocenters. The van der Waals surface area contributed by atoms with Crippen molar-refractivity contribution in [1.82, 2.24) is 14.0 Å². The summed E-state index contributed by atoms with van der Waals surface area (Å²) in [5, 5.41) is 16.1. The van der Waals surface area contributed by atoms with Crippen molar-refractivity contribution in [2.75, 3.05) is 5.32 Å². The summed E-state index contributed by atoms with van der Waals surface area (Å²) in [6.45, 7) is 0. The smallest absolute Gasteiger partial charge is 0.220 e. The maximum absolute atomic E-state index is 12.1. The van der Waals surface area contributed by atoms with Gasteiger partial charge in [-0.1, -0.05) is 206 Å². The van der Waals surface area contributed by atoms with E-state index in [0.29, 0.717) is 5.56 Å².